The van der Waals surface area contributed by atoms with Crippen LogP contribution in [0.4, 0.5) is 0 Å². The Bertz CT molecular complexity index is 1490. The van der Waals surface area contributed by atoms with E-state index in [1.165, 1.54) is 6.08 Å². The molecule has 2 atom stereocenters. The van der Waals surface area contributed by atoms with Gasteiger partial charge < -0.3 is 25.7 Å². The highest BCUT2D eigenvalue weighted by molar-refractivity contribution is 6.05. The number of fused-ring (bicyclic) bond motifs is 2. The Morgan fingerprint density at radius 2 is 1.33 bits per heavy atom. The molecule has 2 amide bonds. The SMILES string of the molecule is O=C1C=C(C2=C(O)[C@H](Cc3c[nH]c4ccccc34)NC2=O)[C@H](Cc2c[nH]c3ccccc23)N1. The van der Waals surface area contributed by atoms with Crippen LogP contribution in [0.1, 0.15) is 11.1 Å². The van der Waals surface area contributed by atoms with Crippen LogP contribution in [0.2, 0.25) is 0 Å². The zero-order valence-electron chi connectivity index (χ0n) is 17.7. The van der Waals surface area contributed by atoms with Gasteiger partial charge >= 0.3 is 0 Å². The molecular formula is C26H22N4O3. The van der Waals surface area contributed by atoms with E-state index in [9.17, 15) is 14.7 Å². The van der Waals surface area contributed by atoms with Crippen molar-refractivity contribution in [2.45, 2.75) is 24.9 Å². The van der Waals surface area contributed by atoms with Gasteiger partial charge in [-0.25, -0.2) is 0 Å². The molecule has 4 heterocycles. The summed E-state index contributed by atoms with van der Waals surface area (Å²) in [5, 5.41) is 19.0. The third kappa shape index (κ3) is 3.20. The van der Waals surface area contributed by atoms with Crippen molar-refractivity contribution in [1.82, 2.24) is 20.6 Å². The van der Waals surface area contributed by atoms with Crippen molar-refractivity contribution in [3.8, 4) is 0 Å². The lowest BCUT2D eigenvalue weighted by Crippen LogP contribution is -2.33. The molecule has 2 aliphatic heterocycles. The number of H-pyrrole nitrogens is 2. The molecule has 0 spiro atoms. The molecule has 2 aliphatic rings. The molecule has 6 rings (SSSR count). The molecular weight excluding hydrogens is 416 g/mol. The Kier molecular flexibility index (Phi) is 4.36. The molecule has 7 heteroatoms. The minimum absolute atomic E-state index is 0.0167. The minimum Gasteiger partial charge on any atom is -0.509 e. The average molecular weight is 438 g/mol. The summed E-state index contributed by atoms with van der Waals surface area (Å²) < 4.78 is 0. The van der Waals surface area contributed by atoms with Gasteiger partial charge in [0.1, 0.15) is 5.76 Å². The molecule has 0 unspecified atom stereocenters. The zero-order chi connectivity index (χ0) is 22.5. The van der Waals surface area contributed by atoms with Gasteiger partial charge in [-0.3, -0.25) is 9.59 Å². The summed E-state index contributed by atoms with van der Waals surface area (Å²) in [6.45, 7) is 0. The summed E-state index contributed by atoms with van der Waals surface area (Å²) in [7, 11) is 0. The molecule has 33 heavy (non-hydrogen) atoms. The summed E-state index contributed by atoms with van der Waals surface area (Å²) in [5.74, 6) is -0.635. The lowest BCUT2D eigenvalue weighted by molar-refractivity contribution is -0.117. The van der Waals surface area contributed by atoms with Gasteiger partial charge in [-0.15, -0.1) is 0 Å². The number of carbonyl (C=O) groups excluding carboxylic acids is 2. The van der Waals surface area contributed by atoms with Gasteiger partial charge in [-0.2, -0.15) is 0 Å². The van der Waals surface area contributed by atoms with Crippen LogP contribution in [0.5, 0.6) is 0 Å². The predicted molar refractivity (Wildman–Crippen MR) is 126 cm³/mol. The van der Waals surface area contributed by atoms with Crippen LogP contribution in [0, 0.1) is 0 Å². The molecule has 0 fully saturated rings. The topological polar surface area (TPSA) is 110 Å². The molecule has 0 saturated heterocycles. The second-order valence-electron chi connectivity index (χ2n) is 8.57. The number of aliphatic hydroxyl groups is 1. The van der Waals surface area contributed by atoms with E-state index in [1.807, 2.05) is 60.9 Å². The van der Waals surface area contributed by atoms with Crippen molar-refractivity contribution in [2.75, 3.05) is 0 Å². The number of carbonyl (C=O) groups is 2. The molecule has 0 aliphatic carbocycles. The molecule has 2 aromatic heterocycles. The zero-order valence-corrected chi connectivity index (χ0v) is 17.7. The molecule has 0 bridgehead atoms. The van der Waals surface area contributed by atoms with Crippen LogP contribution < -0.4 is 10.6 Å². The van der Waals surface area contributed by atoms with Gasteiger partial charge in [0.25, 0.3) is 5.91 Å². The Labute approximate surface area is 189 Å². The first-order valence-corrected chi connectivity index (χ1v) is 10.9. The van der Waals surface area contributed by atoms with Gasteiger partial charge in [0.15, 0.2) is 0 Å². The van der Waals surface area contributed by atoms with Crippen LogP contribution in [0.3, 0.4) is 0 Å². The van der Waals surface area contributed by atoms with Crippen LogP contribution >= 0.6 is 0 Å². The summed E-state index contributed by atoms with van der Waals surface area (Å²) in [6.07, 6.45) is 6.22. The maximum atomic E-state index is 12.9. The average Bonchev–Trinajstić information content (AvgIpc) is 3.56. The maximum Gasteiger partial charge on any atom is 0.255 e. The highest BCUT2D eigenvalue weighted by Crippen LogP contribution is 2.32. The van der Waals surface area contributed by atoms with Crippen LogP contribution in [-0.4, -0.2) is 39.0 Å². The van der Waals surface area contributed by atoms with Crippen molar-refractivity contribution in [2.24, 2.45) is 0 Å². The molecule has 5 N–H and O–H groups in total. The third-order valence-electron chi connectivity index (χ3n) is 6.58. The van der Waals surface area contributed by atoms with Crippen molar-refractivity contribution in [3.05, 3.63) is 95.0 Å². The first kappa shape index (κ1) is 19.4. The van der Waals surface area contributed by atoms with Gasteiger partial charge in [0.2, 0.25) is 5.91 Å². The van der Waals surface area contributed by atoms with Crippen molar-refractivity contribution < 1.29 is 14.7 Å². The number of aliphatic hydroxyl groups excluding tert-OH is 1. The summed E-state index contributed by atoms with van der Waals surface area (Å²) in [4.78, 5) is 31.7. The number of para-hydroxylation sites is 2. The predicted octanol–water partition coefficient (Wildman–Crippen LogP) is 3.17. The molecule has 4 aromatic rings. The molecule has 2 aromatic carbocycles. The number of hydrogen-bond acceptors (Lipinski definition) is 3. The second-order valence-corrected chi connectivity index (χ2v) is 8.57. The molecule has 0 radical (unpaired) electrons. The lowest BCUT2D eigenvalue weighted by atomic mass is 9.93. The quantitative estimate of drug-likeness (QED) is 0.330. The maximum absolute atomic E-state index is 12.9. The fraction of sp³-hybridized carbons (Fsp3) is 0.154. The summed E-state index contributed by atoms with van der Waals surface area (Å²) in [6, 6.07) is 14.9. The van der Waals surface area contributed by atoms with Crippen LogP contribution in [0.15, 0.2) is 83.9 Å². The number of nitrogens with one attached hydrogen (secondary N) is 4. The number of aromatic nitrogens is 2. The number of benzene rings is 2. The smallest absolute Gasteiger partial charge is 0.255 e. The normalized spacial score (nSPS) is 20.5. The van der Waals surface area contributed by atoms with Crippen molar-refractivity contribution in [3.63, 3.8) is 0 Å². The summed E-state index contributed by atoms with van der Waals surface area (Å²) >= 11 is 0. The Morgan fingerprint density at radius 3 is 1.97 bits per heavy atom. The van der Waals surface area contributed by atoms with Gasteiger partial charge in [-0.05, 0) is 35.3 Å². The first-order valence-electron chi connectivity index (χ1n) is 10.9. The first-order chi connectivity index (χ1) is 16.1. The summed E-state index contributed by atoms with van der Waals surface area (Å²) in [5.41, 5.74) is 4.80. The largest absolute Gasteiger partial charge is 0.509 e. The molecule has 7 nitrogen and oxygen atoms in total. The fourth-order valence-electron chi connectivity index (χ4n) is 5.00. The second kappa shape index (κ2) is 7.41. The van der Waals surface area contributed by atoms with Gasteiger partial charge in [-0.1, -0.05) is 36.4 Å². The molecule has 164 valence electrons. The standard InChI is InChI=1S/C26H22N4O3/c31-23-11-18(21(29-23)9-14-12-27-19-7-3-1-5-16(14)19)24-25(32)22(30-26(24)33)10-15-13-28-20-8-4-2-6-17(15)20/h1-8,11-13,21-22,27-28,32H,9-10H2,(H,29,31)(H,30,33)/t21-,22-/m0/s1. The lowest BCUT2D eigenvalue weighted by Gasteiger charge is -2.15. The fourth-order valence-corrected chi connectivity index (χ4v) is 5.00. The molecule has 0 saturated carbocycles. The van der Waals surface area contributed by atoms with Crippen molar-refractivity contribution in [1.29, 1.82) is 0 Å². The monoisotopic (exact) mass is 438 g/mol. The van der Waals surface area contributed by atoms with E-state index in [1.54, 1.807) is 0 Å². The van der Waals surface area contributed by atoms with E-state index in [4.69, 9.17) is 0 Å². The van der Waals surface area contributed by atoms with Crippen molar-refractivity contribution >= 4 is 33.6 Å². The number of aromatic amines is 2. The van der Waals surface area contributed by atoms with E-state index in [0.29, 0.717) is 18.4 Å². The van der Waals surface area contributed by atoms with Crippen LogP contribution in [0.25, 0.3) is 21.8 Å². The van der Waals surface area contributed by atoms with E-state index >= 15 is 0 Å². The van der Waals surface area contributed by atoms with E-state index in [2.05, 4.69) is 20.6 Å². The van der Waals surface area contributed by atoms with E-state index in [0.717, 1.165) is 32.9 Å². The number of amides is 2. The van der Waals surface area contributed by atoms with Gasteiger partial charge in [0, 0.05) is 46.7 Å². The van der Waals surface area contributed by atoms with E-state index < -0.39 is 12.1 Å². The number of rotatable bonds is 5. The Balaban J connectivity index is 1.31. The van der Waals surface area contributed by atoms with Gasteiger partial charge in [0.05, 0.1) is 17.7 Å². The Morgan fingerprint density at radius 1 is 0.758 bits per heavy atom. The van der Waals surface area contributed by atoms with Crippen LogP contribution in [-0.2, 0) is 22.4 Å². The highest BCUT2D eigenvalue weighted by Gasteiger charge is 2.39. The highest BCUT2D eigenvalue weighted by atomic mass is 16.3. The minimum atomic E-state index is -0.544. The third-order valence-corrected chi connectivity index (χ3v) is 6.58. The van der Waals surface area contributed by atoms with E-state index in [-0.39, 0.29) is 23.1 Å². The number of hydrogen-bond donors (Lipinski definition) is 5. The Hall–Kier alpha value is -4.26.